The van der Waals surface area contributed by atoms with E-state index in [1.165, 1.54) is 0 Å². The lowest BCUT2D eigenvalue weighted by atomic mass is 9.86. The normalized spacial score (nSPS) is 36.1. The second-order valence-corrected chi connectivity index (χ2v) is 4.33. The van der Waals surface area contributed by atoms with Crippen molar-refractivity contribution in [2.45, 2.75) is 31.0 Å². The van der Waals surface area contributed by atoms with Gasteiger partial charge in [0.2, 0.25) is 5.91 Å². The number of amides is 1. The zero-order valence-corrected chi connectivity index (χ0v) is 8.82. The van der Waals surface area contributed by atoms with Gasteiger partial charge < -0.3 is 20.5 Å². The Balaban J connectivity index is 1.99. The zero-order valence-electron chi connectivity index (χ0n) is 8.82. The Morgan fingerprint density at radius 3 is 2.93 bits per heavy atom. The monoisotopic (exact) mass is 214 g/mol. The first-order valence-corrected chi connectivity index (χ1v) is 5.48. The van der Waals surface area contributed by atoms with E-state index in [2.05, 4.69) is 0 Å². The molecule has 3 N–H and O–H groups in total. The predicted molar refractivity (Wildman–Crippen MR) is 54.2 cm³/mol. The lowest BCUT2D eigenvalue weighted by Gasteiger charge is -2.42. The SMILES string of the molecule is NCC(=O)N1CC[C@@]2(CCCO2)[C@@H](O)C1. The summed E-state index contributed by atoms with van der Waals surface area (Å²) in [6.07, 6.45) is 2.06. The molecular weight excluding hydrogens is 196 g/mol. The summed E-state index contributed by atoms with van der Waals surface area (Å²) in [4.78, 5) is 13.0. The molecule has 2 rings (SSSR count). The van der Waals surface area contributed by atoms with Crippen LogP contribution in [0.15, 0.2) is 0 Å². The number of likely N-dealkylation sites (tertiary alicyclic amines) is 1. The Morgan fingerprint density at radius 2 is 2.40 bits per heavy atom. The Bertz CT molecular complexity index is 251. The van der Waals surface area contributed by atoms with Crippen LogP contribution >= 0.6 is 0 Å². The van der Waals surface area contributed by atoms with Crippen molar-refractivity contribution in [2.24, 2.45) is 5.73 Å². The highest BCUT2D eigenvalue weighted by atomic mass is 16.5. The van der Waals surface area contributed by atoms with E-state index in [0.717, 1.165) is 25.9 Å². The maximum absolute atomic E-state index is 11.4. The highest BCUT2D eigenvalue weighted by molar-refractivity contribution is 5.78. The molecule has 2 aliphatic rings. The van der Waals surface area contributed by atoms with Crippen molar-refractivity contribution in [3.05, 3.63) is 0 Å². The van der Waals surface area contributed by atoms with Crippen molar-refractivity contribution >= 4 is 5.91 Å². The molecule has 2 atom stereocenters. The second kappa shape index (κ2) is 4.08. The quantitative estimate of drug-likeness (QED) is 0.592. The van der Waals surface area contributed by atoms with Crippen LogP contribution in [-0.4, -0.2) is 53.9 Å². The van der Waals surface area contributed by atoms with Gasteiger partial charge in [-0.1, -0.05) is 0 Å². The third-order valence-corrected chi connectivity index (χ3v) is 3.47. The molecule has 0 aromatic heterocycles. The molecule has 5 heteroatoms. The van der Waals surface area contributed by atoms with Gasteiger partial charge in [-0.05, 0) is 19.3 Å². The minimum Gasteiger partial charge on any atom is -0.388 e. The first kappa shape index (κ1) is 10.9. The number of rotatable bonds is 1. The van der Waals surface area contributed by atoms with Crippen LogP contribution in [-0.2, 0) is 9.53 Å². The summed E-state index contributed by atoms with van der Waals surface area (Å²) in [5.74, 6) is -0.0955. The fraction of sp³-hybridized carbons (Fsp3) is 0.900. The maximum Gasteiger partial charge on any atom is 0.236 e. The number of ether oxygens (including phenoxy) is 1. The van der Waals surface area contributed by atoms with Crippen LogP contribution < -0.4 is 5.73 Å². The number of aliphatic hydroxyl groups is 1. The number of piperidine rings is 1. The van der Waals surface area contributed by atoms with Crippen LogP contribution in [0, 0.1) is 0 Å². The van der Waals surface area contributed by atoms with E-state index in [1.54, 1.807) is 4.90 Å². The van der Waals surface area contributed by atoms with Crippen molar-refractivity contribution in [1.82, 2.24) is 4.90 Å². The first-order chi connectivity index (χ1) is 7.18. The minimum atomic E-state index is -0.566. The van der Waals surface area contributed by atoms with E-state index in [1.807, 2.05) is 0 Å². The molecule has 2 heterocycles. The minimum absolute atomic E-state index is 0.0145. The highest BCUT2D eigenvalue weighted by Crippen LogP contribution is 2.35. The average Bonchev–Trinajstić information content (AvgIpc) is 2.71. The van der Waals surface area contributed by atoms with Gasteiger partial charge in [-0.3, -0.25) is 4.79 Å². The Morgan fingerprint density at radius 1 is 1.60 bits per heavy atom. The lowest BCUT2D eigenvalue weighted by Crippen LogP contribution is -2.57. The van der Waals surface area contributed by atoms with Crippen LogP contribution in [0.5, 0.6) is 0 Å². The molecule has 1 spiro atoms. The first-order valence-electron chi connectivity index (χ1n) is 5.48. The number of carbonyl (C=O) groups excluding carboxylic acids is 1. The van der Waals surface area contributed by atoms with Gasteiger partial charge in [0, 0.05) is 19.7 Å². The topological polar surface area (TPSA) is 75.8 Å². The maximum atomic E-state index is 11.4. The Hall–Kier alpha value is -0.650. The van der Waals surface area contributed by atoms with Gasteiger partial charge in [0.25, 0.3) is 0 Å². The fourth-order valence-electron chi connectivity index (χ4n) is 2.49. The van der Waals surface area contributed by atoms with Gasteiger partial charge in [-0.15, -0.1) is 0 Å². The molecule has 0 aliphatic carbocycles. The van der Waals surface area contributed by atoms with Crippen LogP contribution in [0.4, 0.5) is 0 Å². The average molecular weight is 214 g/mol. The summed E-state index contributed by atoms with van der Waals surface area (Å²) >= 11 is 0. The number of hydrogen-bond donors (Lipinski definition) is 2. The highest BCUT2D eigenvalue weighted by Gasteiger charge is 2.46. The van der Waals surface area contributed by atoms with Crippen molar-refractivity contribution in [3.63, 3.8) is 0 Å². The molecule has 0 aromatic carbocycles. The number of aliphatic hydroxyl groups excluding tert-OH is 1. The molecule has 86 valence electrons. The van der Waals surface area contributed by atoms with Gasteiger partial charge in [0.15, 0.2) is 0 Å². The standard InChI is InChI=1S/C10H18N2O3/c11-6-9(14)12-4-3-10(8(13)7-12)2-1-5-15-10/h8,13H,1-7,11H2/t8-,10-/m0/s1. The molecule has 1 amide bonds. The summed E-state index contributed by atoms with van der Waals surface area (Å²) in [5, 5.41) is 10.0. The summed E-state index contributed by atoms with van der Waals surface area (Å²) in [5.41, 5.74) is 4.91. The number of hydrogen-bond acceptors (Lipinski definition) is 4. The van der Waals surface area contributed by atoms with Crippen LogP contribution in [0.25, 0.3) is 0 Å². The molecule has 0 radical (unpaired) electrons. The summed E-state index contributed by atoms with van der Waals surface area (Å²) in [6.45, 7) is 1.74. The summed E-state index contributed by atoms with van der Waals surface area (Å²) in [6, 6.07) is 0. The van der Waals surface area contributed by atoms with Crippen LogP contribution in [0.2, 0.25) is 0 Å². The van der Waals surface area contributed by atoms with Crippen molar-refractivity contribution in [3.8, 4) is 0 Å². The summed E-state index contributed by atoms with van der Waals surface area (Å²) < 4.78 is 5.64. The zero-order chi connectivity index (χ0) is 10.9. The van der Waals surface area contributed by atoms with E-state index in [0.29, 0.717) is 13.1 Å². The molecule has 5 nitrogen and oxygen atoms in total. The largest absolute Gasteiger partial charge is 0.388 e. The Kier molecular flexibility index (Phi) is 2.95. The van der Waals surface area contributed by atoms with E-state index in [9.17, 15) is 9.90 Å². The van der Waals surface area contributed by atoms with Crippen molar-refractivity contribution in [1.29, 1.82) is 0 Å². The van der Waals surface area contributed by atoms with Crippen molar-refractivity contribution < 1.29 is 14.6 Å². The number of β-amino-alcohol motifs (C(OH)–C–C–N with tert-alkyl or cyclic N) is 1. The molecule has 2 aliphatic heterocycles. The van der Waals surface area contributed by atoms with Gasteiger partial charge in [-0.25, -0.2) is 0 Å². The van der Waals surface area contributed by atoms with Gasteiger partial charge in [-0.2, -0.15) is 0 Å². The molecule has 0 saturated carbocycles. The number of nitrogens with two attached hydrogens (primary N) is 1. The smallest absolute Gasteiger partial charge is 0.236 e. The van der Waals surface area contributed by atoms with Gasteiger partial charge >= 0.3 is 0 Å². The van der Waals surface area contributed by atoms with E-state index >= 15 is 0 Å². The molecule has 0 bridgehead atoms. The van der Waals surface area contributed by atoms with Crippen LogP contribution in [0.1, 0.15) is 19.3 Å². The van der Waals surface area contributed by atoms with Gasteiger partial charge in [0.05, 0.1) is 12.1 Å². The predicted octanol–water partition coefficient (Wildman–Crippen LogP) is -0.912. The number of nitrogens with zero attached hydrogens (tertiary/aromatic N) is 1. The lowest BCUT2D eigenvalue weighted by molar-refractivity contribution is -0.151. The van der Waals surface area contributed by atoms with E-state index in [4.69, 9.17) is 10.5 Å². The molecule has 0 unspecified atom stereocenters. The molecule has 15 heavy (non-hydrogen) atoms. The third kappa shape index (κ3) is 1.87. The molecule has 2 fully saturated rings. The van der Waals surface area contributed by atoms with Crippen LogP contribution in [0.3, 0.4) is 0 Å². The van der Waals surface area contributed by atoms with E-state index < -0.39 is 6.10 Å². The molecular formula is C10H18N2O3. The molecule has 0 aromatic rings. The summed E-state index contributed by atoms with van der Waals surface area (Å²) in [7, 11) is 0. The Labute approximate surface area is 89.2 Å². The van der Waals surface area contributed by atoms with E-state index in [-0.39, 0.29) is 18.1 Å². The third-order valence-electron chi connectivity index (χ3n) is 3.47. The molecule has 2 saturated heterocycles. The fourth-order valence-corrected chi connectivity index (χ4v) is 2.49. The number of carbonyl (C=O) groups is 1. The van der Waals surface area contributed by atoms with Crippen molar-refractivity contribution in [2.75, 3.05) is 26.2 Å². The second-order valence-electron chi connectivity index (χ2n) is 4.33. The van der Waals surface area contributed by atoms with Gasteiger partial charge in [0.1, 0.15) is 6.10 Å².